The van der Waals surface area contributed by atoms with E-state index >= 15 is 0 Å². The molecule has 2 unspecified atom stereocenters. The van der Waals surface area contributed by atoms with Crippen molar-refractivity contribution in [2.45, 2.75) is 25.4 Å². The van der Waals surface area contributed by atoms with Gasteiger partial charge in [0.05, 0.1) is 6.10 Å². The van der Waals surface area contributed by atoms with Crippen molar-refractivity contribution in [2.75, 3.05) is 13.2 Å². The van der Waals surface area contributed by atoms with Crippen LogP contribution in [0.4, 0.5) is 0 Å². The second-order valence-electron chi connectivity index (χ2n) is 3.46. The maximum atomic E-state index is 9.29. The quantitative estimate of drug-likeness (QED) is 0.522. The molecule has 66 valence electrons. The number of aliphatic hydroxyl groups is 3. The minimum Gasteiger partial charge on any atom is -0.396 e. The summed E-state index contributed by atoms with van der Waals surface area (Å²) in [5.74, 6) is 0.381. The average Bonchev–Trinajstić information content (AvgIpc) is 2.03. The van der Waals surface area contributed by atoms with E-state index in [-0.39, 0.29) is 31.2 Å². The normalized spacial score (nSPS) is 39.0. The molecule has 3 nitrogen and oxygen atoms in total. The van der Waals surface area contributed by atoms with Gasteiger partial charge in [0.15, 0.2) is 0 Å². The summed E-state index contributed by atoms with van der Waals surface area (Å²) in [5.41, 5.74) is 0. The summed E-state index contributed by atoms with van der Waals surface area (Å²) in [7, 11) is 0. The van der Waals surface area contributed by atoms with Gasteiger partial charge >= 0.3 is 0 Å². The zero-order valence-electron chi connectivity index (χ0n) is 6.61. The summed E-state index contributed by atoms with van der Waals surface area (Å²) in [6.07, 6.45) is 1.90. The molecule has 1 fully saturated rings. The second kappa shape index (κ2) is 4.04. The van der Waals surface area contributed by atoms with Crippen LogP contribution in [0.3, 0.4) is 0 Å². The Labute approximate surface area is 66.7 Å². The Hall–Kier alpha value is -0.120. The maximum absolute atomic E-state index is 9.29. The molecule has 1 rings (SSSR count). The SMILES string of the molecule is OCC1CC(O)CC(CO)C1. The molecule has 0 aromatic rings. The molecular formula is C8H16O3. The van der Waals surface area contributed by atoms with Crippen LogP contribution in [-0.2, 0) is 0 Å². The lowest BCUT2D eigenvalue weighted by atomic mass is 9.80. The largest absolute Gasteiger partial charge is 0.396 e. The van der Waals surface area contributed by atoms with Gasteiger partial charge in [0, 0.05) is 13.2 Å². The summed E-state index contributed by atoms with van der Waals surface area (Å²) in [4.78, 5) is 0. The molecule has 0 aromatic carbocycles. The highest BCUT2D eigenvalue weighted by Gasteiger charge is 2.26. The lowest BCUT2D eigenvalue weighted by Crippen LogP contribution is -2.29. The van der Waals surface area contributed by atoms with Gasteiger partial charge < -0.3 is 15.3 Å². The van der Waals surface area contributed by atoms with E-state index in [0.29, 0.717) is 12.8 Å². The number of aliphatic hydroxyl groups excluding tert-OH is 3. The van der Waals surface area contributed by atoms with E-state index < -0.39 is 0 Å². The Bertz CT molecular complexity index is 104. The van der Waals surface area contributed by atoms with Crippen molar-refractivity contribution in [1.29, 1.82) is 0 Å². The molecule has 1 aliphatic rings. The van der Waals surface area contributed by atoms with E-state index in [0.717, 1.165) is 6.42 Å². The van der Waals surface area contributed by atoms with Gasteiger partial charge in [0.1, 0.15) is 0 Å². The van der Waals surface area contributed by atoms with Crippen molar-refractivity contribution in [3.05, 3.63) is 0 Å². The molecule has 0 spiro atoms. The molecule has 3 N–H and O–H groups in total. The highest BCUT2D eigenvalue weighted by atomic mass is 16.3. The summed E-state index contributed by atoms with van der Waals surface area (Å²) in [6.45, 7) is 0.265. The van der Waals surface area contributed by atoms with Crippen LogP contribution < -0.4 is 0 Å². The van der Waals surface area contributed by atoms with Gasteiger partial charge in [0.2, 0.25) is 0 Å². The minimum atomic E-state index is -0.321. The van der Waals surface area contributed by atoms with Crippen LogP contribution in [0.25, 0.3) is 0 Å². The van der Waals surface area contributed by atoms with Crippen LogP contribution in [0.1, 0.15) is 19.3 Å². The zero-order valence-corrected chi connectivity index (χ0v) is 6.61. The molecule has 1 saturated carbocycles. The Balaban J connectivity index is 2.37. The fourth-order valence-electron chi connectivity index (χ4n) is 1.83. The van der Waals surface area contributed by atoms with Gasteiger partial charge in [-0.3, -0.25) is 0 Å². The fraction of sp³-hybridized carbons (Fsp3) is 1.00. The van der Waals surface area contributed by atoms with Crippen molar-refractivity contribution < 1.29 is 15.3 Å². The van der Waals surface area contributed by atoms with Gasteiger partial charge in [-0.05, 0) is 31.1 Å². The standard InChI is InChI=1S/C8H16O3/c9-4-6-1-7(5-10)3-8(11)2-6/h6-11H,1-5H2. The first-order valence-electron chi connectivity index (χ1n) is 4.16. The summed E-state index contributed by atoms with van der Waals surface area (Å²) >= 11 is 0. The average molecular weight is 160 g/mol. The Morgan fingerprint density at radius 3 is 1.73 bits per heavy atom. The molecule has 11 heavy (non-hydrogen) atoms. The molecule has 0 heterocycles. The maximum Gasteiger partial charge on any atom is 0.0547 e. The predicted molar refractivity (Wildman–Crippen MR) is 41.0 cm³/mol. The third kappa shape index (κ3) is 2.43. The van der Waals surface area contributed by atoms with Crippen LogP contribution in [0.2, 0.25) is 0 Å². The number of hydrogen-bond acceptors (Lipinski definition) is 3. The first kappa shape index (κ1) is 8.97. The van der Waals surface area contributed by atoms with Crippen LogP contribution in [0, 0.1) is 11.8 Å². The summed E-state index contributed by atoms with van der Waals surface area (Å²) < 4.78 is 0. The molecule has 0 bridgehead atoms. The highest BCUT2D eigenvalue weighted by molar-refractivity contribution is 4.77. The molecule has 0 amide bonds. The lowest BCUT2D eigenvalue weighted by Gasteiger charge is -2.30. The van der Waals surface area contributed by atoms with Gasteiger partial charge in [-0.1, -0.05) is 0 Å². The van der Waals surface area contributed by atoms with Crippen molar-refractivity contribution in [1.82, 2.24) is 0 Å². The molecule has 0 saturated heterocycles. The van der Waals surface area contributed by atoms with E-state index in [1.165, 1.54) is 0 Å². The molecule has 2 atom stereocenters. The van der Waals surface area contributed by atoms with E-state index in [1.54, 1.807) is 0 Å². The van der Waals surface area contributed by atoms with Gasteiger partial charge in [-0.25, -0.2) is 0 Å². The Kier molecular flexibility index (Phi) is 3.30. The topological polar surface area (TPSA) is 60.7 Å². The summed E-state index contributed by atoms with van der Waals surface area (Å²) in [5, 5.41) is 26.9. The van der Waals surface area contributed by atoms with Crippen molar-refractivity contribution in [2.24, 2.45) is 11.8 Å². The molecule has 1 aliphatic carbocycles. The minimum absolute atomic E-state index is 0.133. The first-order chi connectivity index (χ1) is 5.26. The molecule has 0 aliphatic heterocycles. The molecule has 3 heteroatoms. The van der Waals surface area contributed by atoms with Gasteiger partial charge in [-0.15, -0.1) is 0 Å². The molecule has 0 aromatic heterocycles. The van der Waals surface area contributed by atoms with Crippen LogP contribution in [-0.4, -0.2) is 34.6 Å². The van der Waals surface area contributed by atoms with E-state index in [9.17, 15) is 5.11 Å². The number of hydrogen-bond donors (Lipinski definition) is 3. The van der Waals surface area contributed by atoms with Gasteiger partial charge in [-0.2, -0.15) is 0 Å². The van der Waals surface area contributed by atoms with Crippen LogP contribution in [0.15, 0.2) is 0 Å². The van der Waals surface area contributed by atoms with E-state index in [1.807, 2.05) is 0 Å². The van der Waals surface area contributed by atoms with Crippen LogP contribution in [0.5, 0.6) is 0 Å². The fourth-order valence-corrected chi connectivity index (χ4v) is 1.83. The first-order valence-corrected chi connectivity index (χ1v) is 4.16. The van der Waals surface area contributed by atoms with Crippen molar-refractivity contribution in [3.63, 3.8) is 0 Å². The predicted octanol–water partition coefficient (Wildman–Crippen LogP) is -0.252. The monoisotopic (exact) mass is 160 g/mol. The third-order valence-electron chi connectivity index (χ3n) is 2.39. The lowest BCUT2D eigenvalue weighted by molar-refractivity contribution is 0.0290. The van der Waals surface area contributed by atoms with Crippen LogP contribution >= 0.6 is 0 Å². The van der Waals surface area contributed by atoms with Crippen molar-refractivity contribution in [3.8, 4) is 0 Å². The van der Waals surface area contributed by atoms with Gasteiger partial charge in [0.25, 0.3) is 0 Å². The molecular weight excluding hydrogens is 144 g/mol. The molecule has 0 radical (unpaired) electrons. The zero-order chi connectivity index (χ0) is 8.27. The Morgan fingerprint density at radius 1 is 0.909 bits per heavy atom. The Morgan fingerprint density at radius 2 is 1.36 bits per heavy atom. The smallest absolute Gasteiger partial charge is 0.0547 e. The summed E-state index contributed by atoms with van der Waals surface area (Å²) in [6, 6.07) is 0. The van der Waals surface area contributed by atoms with Crippen molar-refractivity contribution >= 4 is 0 Å². The highest BCUT2D eigenvalue weighted by Crippen LogP contribution is 2.28. The third-order valence-corrected chi connectivity index (χ3v) is 2.39. The van der Waals surface area contributed by atoms with E-state index in [4.69, 9.17) is 10.2 Å². The number of rotatable bonds is 2. The second-order valence-corrected chi connectivity index (χ2v) is 3.46. The van der Waals surface area contributed by atoms with E-state index in [2.05, 4.69) is 0 Å².